The van der Waals surface area contributed by atoms with E-state index in [1.165, 1.54) is 31.4 Å². The molecule has 3 aromatic heterocycles. The van der Waals surface area contributed by atoms with E-state index in [-0.39, 0.29) is 0 Å². The Labute approximate surface area is 134 Å². The summed E-state index contributed by atoms with van der Waals surface area (Å²) in [5.74, 6) is 2.83. The van der Waals surface area contributed by atoms with Gasteiger partial charge in [0.1, 0.15) is 11.3 Å². The zero-order chi connectivity index (χ0) is 15.6. The summed E-state index contributed by atoms with van der Waals surface area (Å²) >= 11 is 0. The van der Waals surface area contributed by atoms with Crippen LogP contribution in [0, 0.1) is 0 Å². The molecule has 1 fully saturated rings. The summed E-state index contributed by atoms with van der Waals surface area (Å²) in [7, 11) is 1.64. The predicted octanol–water partition coefficient (Wildman–Crippen LogP) is 3.76. The van der Waals surface area contributed by atoms with Gasteiger partial charge in [-0.05, 0) is 25.0 Å². The predicted molar refractivity (Wildman–Crippen MR) is 89.2 cm³/mol. The van der Waals surface area contributed by atoms with Crippen molar-refractivity contribution in [3.05, 3.63) is 36.3 Å². The first-order valence-corrected chi connectivity index (χ1v) is 7.94. The van der Waals surface area contributed by atoms with E-state index in [0.717, 1.165) is 22.5 Å². The number of pyridine rings is 2. The average molecular weight is 309 g/mol. The van der Waals surface area contributed by atoms with Crippen LogP contribution in [0.5, 0.6) is 5.75 Å². The van der Waals surface area contributed by atoms with Crippen molar-refractivity contribution in [1.29, 1.82) is 0 Å². The lowest BCUT2D eigenvalue weighted by Crippen LogP contribution is -1.96. The maximum absolute atomic E-state index is 5.22. The van der Waals surface area contributed by atoms with Gasteiger partial charge in [0, 0.05) is 29.3 Å². The molecule has 0 bridgehead atoms. The van der Waals surface area contributed by atoms with Crippen molar-refractivity contribution >= 4 is 22.5 Å². The van der Waals surface area contributed by atoms with E-state index < -0.39 is 0 Å². The Hall–Kier alpha value is -2.63. The van der Waals surface area contributed by atoms with Crippen LogP contribution in [-0.4, -0.2) is 27.3 Å². The minimum absolute atomic E-state index is 0.612. The molecule has 6 heteroatoms. The van der Waals surface area contributed by atoms with Crippen molar-refractivity contribution in [2.24, 2.45) is 0 Å². The van der Waals surface area contributed by atoms with Crippen LogP contribution in [0.1, 0.15) is 37.3 Å². The minimum Gasteiger partial charge on any atom is -0.495 e. The molecule has 118 valence electrons. The lowest BCUT2D eigenvalue weighted by atomic mass is 10.0. The number of rotatable bonds is 4. The summed E-state index contributed by atoms with van der Waals surface area (Å²) in [5, 5.41) is 11.8. The fourth-order valence-corrected chi connectivity index (χ4v) is 3.21. The van der Waals surface area contributed by atoms with E-state index in [4.69, 9.17) is 4.74 Å². The normalized spacial score (nSPS) is 15.2. The van der Waals surface area contributed by atoms with Gasteiger partial charge in [-0.15, -0.1) is 0 Å². The molecule has 3 heterocycles. The largest absolute Gasteiger partial charge is 0.495 e. The number of methoxy groups -OCH3 is 1. The molecule has 0 aliphatic heterocycles. The Bertz CT molecular complexity index is 823. The van der Waals surface area contributed by atoms with Gasteiger partial charge in [-0.1, -0.05) is 12.8 Å². The van der Waals surface area contributed by atoms with Gasteiger partial charge in [-0.25, -0.2) is 9.97 Å². The van der Waals surface area contributed by atoms with Crippen molar-refractivity contribution in [2.45, 2.75) is 31.6 Å². The van der Waals surface area contributed by atoms with Crippen LogP contribution in [0.4, 0.5) is 11.6 Å². The Kier molecular flexibility index (Phi) is 3.57. The number of H-pyrrole nitrogens is 1. The second-order valence-electron chi connectivity index (χ2n) is 5.92. The molecular weight excluding hydrogens is 290 g/mol. The Morgan fingerprint density at radius 1 is 1.22 bits per heavy atom. The second kappa shape index (κ2) is 5.87. The molecule has 1 saturated carbocycles. The number of aromatic nitrogens is 4. The molecule has 0 aromatic carbocycles. The van der Waals surface area contributed by atoms with Crippen LogP contribution in [-0.2, 0) is 0 Å². The smallest absolute Gasteiger partial charge is 0.158 e. The zero-order valence-electron chi connectivity index (χ0n) is 13.0. The molecule has 0 radical (unpaired) electrons. The zero-order valence-corrected chi connectivity index (χ0v) is 13.0. The molecule has 0 unspecified atom stereocenters. The summed E-state index contributed by atoms with van der Waals surface area (Å²) in [6.07, 6.45) is 8.57. The molecule has 0 spiro atoms. The van der Waals surface area contributed by atoms with Crippen molar-refractivity contribution < 1.29 is 4.74 Å². The summed E-state index contributed by atoms with van der Waals surface area (Å²) in [6.45, 7) is 0. The summed E-state index contributed by atoms with van der Waals surface area (Å²) < 4.78 is 5.22. The molecule has 1 aliphatic carbocycles. The topological polar surface area (TPSA) is 75.7 Å². The monoisotopic (exact) mass is 309 g/mol. The van der Waals surface area contributed by atoms with Gasteiger partial charge in [0.2, 0.25) is 0 Å². The Morgan fingerprint density at radius 3 is 2.91 bits per heavy atom. The average Bonchev–Trinajstić information content (AvgIpc) is 3.26. The van der Waals surface area contributed by atoms with Crippen LogP contribution in [0.25, 0.3) is 10.9 Å². The van der Waals surface area contributed by atoms with E-state index >= 15 is 0 Å². The van der Waals surface area contributed by atoms with Gasteiger partial charge < -0.3 is 10.1 Å². The molecule has 23 heavy (non-hydrogen) atoms. The molecule has 2 N–H and O–H groups in total. The van der Waals surface area contributed by atoms with Crippen molar-refractivity contribution in [1.82, 2.24) is 20.2 Å². The molecule has 0 atom stereocenters. The van der Waals surface area contributed by atoms with Gasteiger partial charge in [-0.3, -0.25) is 5.10 Å². The number of hydrogen-bond acceptors (Lipinski definition) is 5. The lowest BCUT2D eigenvalue weighted by molar-refractivity contribution is 0.414. The van der Waals surface area contributed by atoms with Crippen LogP contribution in [0.3, 0.4) is 0 Å². The third-order valence-corrected chi connectivity index (χ3v) is 4.45. The Morgan fingerprint density at radius 2 is 2.09 bits per heavy atom. The molecule has 1 aliphatic rings. The Balaban J connectivity index is 1.62. The third-order valence-electron chi connectivity index (χ3n) is 4.45. The molecule has 3 aromatic rings. The number of fused-ring (bicyclic) bond motifs is 1. The van der Waals surface area contributed by atoms with Gasteiger partial charge in [-0.2, -0.15) is 5.10 Å². The fourth-order valence-electron chi connectivity index (χ4n) is 3.21. The van der Waals surface area contributed by atoms with E-state index in [2.05, 4.69) is 31.5 Å². The first-order chi connectivity index (χ1) is 11.3. The van der Waals surface area contributed by atoms with Gasteiger partial charge in [0.25, 0.3) is 0 Å². The molecular formula is C17H19N5O. The number of nitrogens with one attached hydrogen (secondary N) is 2. The van der Waals surface area contributed by atoms with Crippen LogP contribution in [0.15, 0.2) is 30.6 Å². The summed E-state index contributed by atoms with van der Waals surface area (Å²) in [6, 6.07) is 5.95. The van der Waals surface area contributed by atoms with E-state index in [9.17, 15) is 0 Å². The first-order valence-electron chi connectivity index (χ1n) is 7.94. The molecule has 0 saturated heterocycles. The van der Waals surface area contributed by atoms with E-state index in [1.807, 2.05) is 12.1 Å². The highest BCUT2D eigenvalue weighted by Crippen LogP contribution is 2.34. The third kappa shape index (κ3) is 2.72. The maximum Gasteiger partial charge on any atom is 0.158 e. The van der Waals surface area contributed by atoms with Crippen molar-refractivity contribution in [3.63, 3.8) is 0 Å². The minimum atomic E-state index is 0.612. The number of anilines is 2. The maximum atomic E-state index is 5.22. The van der Waals surface area contributed by atoms with E-state index in [1.54, 1.807) is 19.5 Å². The number of aromatic amines is 1. The van der Waals surface area contributed by atoms with Crippen LogP contribution >= 0.6 is 0 Å². The van der Waals surface area contributed by atoms with E-state index in [0.29, 0.717) is 11.7 Å². The van der Waals surface area contributed by atoms with Crippen molar-refractivity contribution in [3.8, 4) is 5.75 Å². The highest BCUT2D eigenvalue weighted by molar-refractivity contribution is 5.90. The standard InChI is InChI=1S/C17H19N5O/c1-23-13-8-12-6-7-18-17(16(12)19-10-13)20-15-9-14(21-22-15)11-4-2-3-5-11/h6-11H,2-5H2,1H3,(H2,18,20,21,22). The van der Waals surface area contributed by atoms with Gasteiger partial charge >= 0.3 is 0 Å². The highest BCUT2D eigenvalue weighted by atomic mass is 16.5. The van der Waals surface area contributed by atoms with Crippen molar-refractivity contribution in [2.75, 3.05) is 12.4 Å². The van der Waals surface area contributed by atoms with Gasteiger partial charge in [0.15, 0.2) is 11.6 Å². The molecule has 4 rings (SSSR count). The summed E-state index contributed by atoms with van der Waals surface area (Å²) in [5.41, 5.74) is 2.01. The second-order valence-corrected chi connectivity index (χ2v) is 5.92. The first kappa shape index (κ1) is 14.0. The highest BCUT2D eigenvalue weighted by Gasteiger charge is 2.19. The fraction of sp³-hybridized carbons (Fsp3) is 0.353. The quantitative estimate of drug-likeness (QED) is 0.767. The molecule has 0 amide bonds. The van der Waals surface area contributed by atoms with Crippen LogP contribution in [0.2, 0.25) is 0 Å². The number of hydrogen-bond donors (Lipinski definition) is 2. The number of ether oxygens (including phenoxy) is 1. The molecule has 6 nitrogen and oxygen atoms in total. The lowest BCUT2D eigenvalue weighted by Gasteiger charge is -2.07. The summed E-state index contributed by atoms with van der Waals surface area (Å²) in [4.78, 5) is 8.84. The van der Waals surface area contributed by atoms with Gasteiger partial charge in [0.05, 0.1) is 13.3 Å². The number of nitrogens with zero attached hydrogens (tertiary/aromatic N) is 3. The van der Waals surface area contributed by atoms with Crippen LogP contribution < -0.4 is 10.1 Å². The SMILES string of the molecule is COc1cnc2c(Nc3cc(C4CCCC4)[nH]n3)nccc2c1.